The Labute approximate surface area is 127 Å². The van der Waals surface area contributed by atoms with E-state index in [1.54, 1.807) is 13.0 Å². The van der Waals surface area contributed by atoms with Gasteiger partial charge in [-0.1, -0.05) is 0 Å². The third-order valence-corrected chi connectivity index (χ3v) is 6.35. The standard InChI is InChI=1S/C16H24N2O2S/c1-10-7-15(17)11(2)16(8-10)21(19,20)18-9-14(12-3-4-12)13-5-6-13/h7-8,12-14,18H,3-6,9,17H2,1-2H3. The first-order valence-corrected chi connectivity index (χ1v) is 9.23. The van der Waals surface area contributed by atoms with Crippen LogP contribution in [0.25, 0.3) is 0 Å². The van der Waals surface area contributed by atoms with E-state index in [0.717, 1.165) is 17.4 Å². The maximum atomic E-state index is 12.6. The Morgan fingerprint density at radius 1 is 1.19 bits per heavy atom. The second-order valence-corrected chi connectivity index (χ2v) is 8.40. The summed E-state index contributed by atoms with van der Waals surface area (Å²) in [6, 6.07) is 3.52. The molecule has 4 nitrogen and oxygen atoms in total. The Morgan fingerprint density at radius 2 is 1.76 bits per heavy atom. The lowest BCUT2D eigenvalue weighted by Crippen LogP contribution is -2.31. The van der Waals surface area contributed by atoms with Gasteiger partial charge < -0.3 is 5.73 Å². The van der Waals surface area contributed by atoms with Gasteiger partial charge in [-0.15, -0.1) is 0 Å². The summed E-state index contributed by atoms with van der Waals surface area (Å²) in [5, 5.41) is 0. The van der Waals surface area contributed by atoms with E-state index >= 15 is 0 Å². The molecular weight excluding hydrogens is 284 g/mol. The van der Waals surface area contributed by atoms with Crippen molar-refractivity contribution in [1.82, 2.24) is 4.72 Å². The summed E-state index contributed by atoms with van der Waals surface area (Å²) >= 11 is 0. The summed E-state index contributed by atoms with van der Waals surface area (Å²) in [5.41, 5.74) is 7.95. The highest BCUT2D eigenvalue weighted by Gasteiger charge is 2.41. The number of hydrogen-bond acceptors (Lipinski definition) is 3. The van der Waals surface area contributed by atoms with Crippen molar-refractivity contribution in [3.8, 4) is 0 Å². The van der Waals surface area contributed by atoms with Gasteiger partial charge in [0.25, 0.3) is 0 Å². The predicted molar refractivity (Wildman–Crippen MR) is 84.5 cm³/mol. The Kier molecular flexibility index (Phi) is 3.74. The van der Waals surface area contributed by atoms with Gasteiger partial charge in [-0.05, 0) is 80.5 Å². The number of nitrogen functional groups attached to an aromatic ring is 1. The molecule has 0 atom stereocenters. The zero-order chi connectivity index (χ0) is 15.2. The molecule has 3 N–H and O–H groups in total. The van der Waals surface area contributed by atoms with Gasteiger partial charge >= 0.3 is 0 Å². The van der Waals surface area contributed by atoms with Crippen LogP contribution in [0.2, 0.25) is 0 Å². The molecule has 0 amide bonds. The van der Waals surface area contributed by atoms with Crippen molar-refractivity contribution < 1.29 is 8.42 Å². The molecule has 0 bridgehead atoms. The van der Waals surface area contributed by atoms with E-state index in [9.17, 15) is 8.42 Å². The molecule has 0 radical (unpaired) electrons. The van der Waals surface area contributed by atoms with Crippen LogP contribution >= 0.6 is 0 Å². The molecular formula is C16H24N2O2S. The van der Waals surface area contributed by atoms with Crippen LogP contribution in [-0.2, 0) is 10.0 Å². The van der Waals surface area contributed by atoms with Crippen LogP contribution in [0, 0.1) is 31.6 Å². The first kappa shape index (κ1) is 14.9. The van der Waals surface area contributed by atoms with Gasteiger partial charge in [0.1, 0.15) is 0 Å². The van der Waals surface area contributed by atoms with E-state index in [1.165, 1.54) is 25.7 Å². The van der Waals surface area contributed by atoms with Crippen molar-refractivity contribution in [2.45, 2.75) is 44.4 Å². The maximum absolute atomic E-state index is 12.6. The summed E-state index contributed by atoms with van der Waals surface area (Å²) in [6.45, 7) is 4.21. The number of hydrogen-bond donors (Lipinski definition) is 2. The molecule has 0 saturated heterocycles. The van der Waals surface area contributed by atoms with E-state index in [-0.39, 0.29) is 0 Å². The molecule has 1 aromatic rings. The van der Waals surface area contributed by atoms with Crippen LogP contribution in [0.15, 0.2) is 17.0 Å². The van der Waals surface area contributed by atoms with Gasteiger partial charge in [-0.25, -0.2) is 13.1 Å². The van der Waals surface area contributed by atoms with Gasteiger partial charge in [0.15, 0.2) is 0 Å². The fraction of sp³-hybridized carbons (Fsp3) is 0.625. The molecule has 2 fully saturated rings. The van der Waals surface area contributed by atoms with Crippen LogP contribution in [0.1, 0.15) is 36.8 Å². The van der Waals surface area contributed by atoms with Gasteiger partial charge in [-0.3, -0.25) is 0 Å². The number of benzene rings is 1. The van der Waals surface area contributed by atoms with Crippen molar-refractivity contribution in [2.24, 2.45) is 17.8 Å². The molecule has 2 aliphatic carbocycles. The van der Waals surface area contributed by atoms with Gasteiger partial charge in [0, 0.05) is 12.2 Å². The molecule has 2 aliphatic rings. The van der Waals surface area contributed by atoms with E-state index in [0.29, 0.717) is 28.6 Å². The van der Waals surface area contributed by atoms with Crippen LogP contribution in [0.3, 0.4) is 0 Å². The van der Waals surface area contributed by atoms with Gasteiger partial charge in [0.05, 0.1) is 4.90 Å². The number of anilines is 1. The zero-order valence-corrected chi connectivity index (χ0v) is 13.5. The fourth-order valence-corrected chi connectivity index (χ4v) is 4.61. The quantitative estimate of drug-likeness (QED) is 0.793. The molecule has 0 aromatic heterocycles. The molecule has 21 heavy (non-hydrogen) atoms. The second kappa shape index (κ2) is 5.29. The Morgan fingerprint density at radius 3 is 2.29 bits per heavy atom. The minimum absolute atomic E-state index is 0.324. The maximum Gasteiger partial charge on any atom is 0.240 e. The number of sulfonamides is 1. The monoisotopic (exact) mass is 308 g/mol. The third-order valence-electron chi connectivity index (χ3n) is 4.80. The predicted octanol–water partition coefficient (Wildman–Crippen LogP) is 2.60. The SMILES string of the molecule is Cc1cc(N)c(C)c(S(=O)(=O)NCC(C2CC2)C2CC2)c1. The molecule has 3 rings (SSSR count). The Hall–Kier alpha value is -1.07. The number of aryl methyl sites for hydroxylation is 1. The molecule has 2 saturated carbocycles. The molecule has 0 unspecified atom stereocenters. The Bertz CT molecular complexity index is 634. The Balaban J connectivity index is 1.77. The van der Waals surface area contributed by atoms with Crippen molar-refractivity contribution in [1.29, 1.82) is 0 Å². The van der Waals surface area contributed by atoms with E-state index in [4.69, 9.17) is 5.73 Å². The number of rotatable bonds is 6. The average molecular weight is 308 g/mol. The summed E-state index contributed by atoms with van der Waals surface area (Å²) in [6.07, 6.45) is 5.05. The number of nitrogens with one attached hydrogen (secondary N) is 1. The summed E-state index contributed by atoms with van der Waals surface area (Å²) in [4.78, 5) is 0.324. The topological polar surface area (TPSA) is 72.2 Å². The zero-order valence-electron chi connectivity index (χ0n) is 12.7. The van der Waals surface area contributed by atoms with Crippen molar-refractivity contribution in [3.63, 3.8) is 0 Å². The lowest BCUT2D eigenvalue weighted by Gasteiger charge is -2.17. The minimum Gasteiger partial charge on any atom is -0.398 e. The van der Waals surface area contributed by atoms with Crippen LogP contribution in [-0.4, -0.2) is 15.0 Å². The van der Waals surface area contributed by atoms with E-state index < -0.39 is 10.0 Å². The normalized spacial score (nSPS) is 19.2. The molecule has 1 aromatic carbocycles. The summed E-state index contributed by atoms with van der Waals surface area (Å²) < 4.78 is 28.0. The smallest absolute Gasteiger partial charge is 0.240 e. The lowest BCUT2D eigenvalue weighted by molar-refractivity contribution is 0.401. The lowest BCUT2D eigenvalue weighted by atomic mass is 9.99. The fourth-order valence-electron chi connectivity index (χ4n) is 3.18. The summed E-state index contributed by atoms with van der Waals surface area (Å²) in [5.74, 6) is 2.01. The average Bonchev–Trinajstić information content (AvgIpc) is 3.25. The van der Waals surface area contributed by atoms with Crippen LogP contribution in [0.5, 0.6) is 0 Å². The molecule has 0 aliphatic heterocycles. The minimum atomic E-state index is -3.47. The van der Waals surface area contributed by atoms with Crippen LogP contribution < -0.4 is 10.5 Å². The highest BCUT2D eigenvalue weighted by Crippen LogP contribution is 2.48. The second-order valence-electron chi connectivity index (χ2n) is 6.67. The van der Waals surface area contributed by atoms with Crippen molar-refractivity contribution >= 4 is 15.7 Å². The molecule has 5 heteroatoms. The van der Waals surface area contributed by atoms with Gasteiger partial charge in [0.2, 0.25) is 10.0 Å². The highest BCUT2D eigenvalue weighted by atomic mass is 32.2. The molecule has 0 spiro atoms. The van der Waals surface area contributed by atoms with Crippen molar-refractivity contribution in [3.05, 3.63) is 23.3 Å². The largest absolute Gasteiger partial charge is 0.398 e. The summed E-state index contributed by atoms with van der Waals surface area (Å²) in [7, 11) is -3.47. The van der Waals surface area contributed by atoms with Crippen LogP contribution in [0.4, 0.5) is 5.69 Å². The molecule has 116 valence electrons. The first-order chi connectivity index (χ1) is 9.88. The van der Waals surface area contributed by atoms with Crippen molar-refractivity contribution in [2.75, 3.05) is 12.3 Å². The van der Waals surface area contributed by atoms with E-state index in [1.807, 2.05) is 13.0 Å². The first-order valence-electron chi connectivity index (χ1n) is 7.75. The number of nitrogens with two attached hydrogens (primary N) is 1. The van der Waals surface area contributed by atoms with E-state index in [2.05, 4.69) is 4.72 Å². The molecule has 0 heterocycles. The highest BCUT2D eigenvalue weighted by molar-refractivity contribution is 7.89. The third kappa shape index (κ3) is 3.24. The van der Waals surface area contributed by atoms with Gasteiger partial charge in [-0.2, -0.15) is 0 Å².